The molecule has 152 valence electrons. The maximum atomic E-state index is 4.84. The van der Waals surface area contributed by atoms with Crippen LogP contribution in [0.25, 0.3) is 11.2 Å². The van der Waals surface area contributed by atoms with E-state index in [1.807, 2.05) is 28.8 Å². The van der Waals surface area contributed by atoms with Gasteiger partial charge in [0.05, 0.1) is 0 Å². The first-order valence-corrected chi connectivity index (χ1v) is 9.91. The molecule has 0 fully saturated rings. The zero-order chi connectivity index (χ0) is 19.2. The first kappa shape index (κ1) is 21.3. The molecule has 4 rings (SSSR count). The van der Waals surface area contributed by atoms with E-state index in [0.717, 1.165) is 49.9 Å². The van der Waals surface area contributed by atoms with Crippen molar-refractivity contribution < 1.29 is 0 Å². The molecule has 0 atom stereocenters. The van der Waals surface area contributed by atoms with E-state index in [9.17, 15) is 0 Å². The maximum Gasteiger partial charge on any atom is 0.194 e. The van der Waals surface area contributed by atoms with Gasteiger partial charge in [-0.25, -0.2) is 0 Å². The molecular weight excluding hydrogens is 475 g/mol. The van der Waals surface area contributed by atoms with Gasteiger partial charge in [-0.3, -0.25) is 9.39 Å². The number of nitrogens with one attached hydrogen (secondary N) is 1. The molecule has 3 aromatic rings. The molecule has 0 bridgehead atoms. The molecule has 0 saturated heterocycles. The Kier molecular flexibility index (Phi) is 7.62. The third kappa shape index (κ3) is 5.14. The van der Waals surface area contributed by atoms with Crippen LogP contribution in [0.5, 0.6) is 0 Å². The lowest BCUT2D eigenvalue weighted by atomic mass is 10.00. The van der Waals surface area contributed by atoms with Crippen LogP contribution in [-0.2, 0) is 6.42 Å². The minimum absolute atomic E-state index is 0. The first-order chi connectivity index (χ1) is 13.8. The Morgan fingerprint density at radius 1 is 1.10 bits per heavy atom. The minimum atomic E-state index is 0. The molecule has 1 aliphatic rings. The predicted molar refractivity (Wildman–Crippen MR) is 129 cm³/mol. The largest absolute Gasteiger partial charge is 0.357 e. The van der Waals surface area contributed by atoms with Crippen molar-refractivity contribution in [2.24, 2.45) is 4.99 Å². The summed E-state index contributed by atoms with van der Waals surface area (Å²) in [4.78, 5) is 7.16. The van der Waals surface area contributed by atoms with E-state index in [2.05, 4.69) is 63.7 Å². The van der Waals surface area contributed by atoms with Gasteiger partial charge in [-0.1, -0.05) is 42.5 Å². The molecular formula is C22H27IN6. The summed E-state index contributed by atoms with van der Waals surface area (Å²) in [5.41, 5.74) is 3.62. The van der Waals surface area contributed by atoms with Crippen LogP contribution >= 0.6 is 24.0 Å². The van der Waals surface area contributed by atoms with Gasteiger partial charge in [0.15, 0.2) is 11.6 Å². The number of benzene rings is 1. The molecule has 0 unspecified atom stereocenters. The van der Waals surface area contributed by atoms with Crippen molar-refractivity contribution >= 4 is 41.2 Å². The van der Waals surface area contributed by atoms with Crippen molar-refractivity contribution in [3.8, 4) is 0 Å². The molecule has 7 heteroatoms. The summed E-state index contributed by atoms with van der Waals surface area (Å²) in [7, 11) is 0. The topological polar surface area (TPSA) is 57.8 Å². The van der Waals surface area contributed by atoms with E-state index in [-0.39, 0.29) is 24.0 Å². The van der Waals surface area contributed by atoms with E-state index in [4.69, 9.17) is 4.99 Å². The van der Waals surface area contributed by atoms with Crippen molar-refractivity contribution in [1.29, 1.82) is 0 Å². The zero-order valence-corrected chi connectivity index (χ0v) is 19.0. The Labute approximate surface area is 188 Å². The number of nitrogens with zero attached hydrogens (tertiary/aromatic N) is 5. The number of hydrogen-bond donors (Lipinski definition) is 1. The highest BCUT2D eigenvalue weighted by atomic mass is 127. The van der Waals surface area contributed by atoms with Crippen LogP contribution in [0.2, 0.25) is 0 Å². The Morgan fingerprint density at radius 2 is 1.93 bits per heavy atom. The summed E-state index contributed by atoms with van der Waals surface area (Å²) in [6, 6.07) is 16.6. The van der Waals surface area contributed by atoms with E-state index < -0.39 is 0 Å². The van der Waals surface area contributed by atoms with Gasteiger partial charge in [0.2, 0.25) is 0 Å². The molecule has 2 aromatic heterocycles. The Hall–Kier alpha value is -2.42. The second-order valence-electron chi connectivity index (χ2n) is 6.82. The quantitative estimate of drug-likeness (QED) is 0.329. The highest BCUT2D eigenvalue weighted by molar-refractivity contribution is 14.0. The molecule has 3 heterocycles. The van der Waals surface area contributed by atoms with Crippen LogP contribution in [0.1, 0.15) is 24.7 Å². The second kappa shape index (κ2) is 10.4. The van der Waals surface area contributed by atoms with Crippen LogP contribution in [0, 0.1) is 0 Å². The van der Waals surface area contributed by atoms with Gasteiger partial charge in [0.1, 0.15) is 5.82 Å². The van der Waals surface area contributed by atoms with Crippen molar-refractivity contribution in [3.05, 3.63) is 72.2 Å². The van der Waals surface area contributed by atoms with Crippen LogP contribution in [0.4, 0.5) is 0 Å². The minimum Gasteiger partial charge on any atom is -0.357 e. The van der Waals surface area contributed by atoms with Crippen LogP contribution < -0.4 is 5.32 Å². The maximum absolute atomic E-state index is 4.84. The fourth-order valence-corrected chi connectivity index (χ4v) is 3.52. The lowest BCUT2D eigenvalue weighted by Gasteiger charge is -2.29. The van der Waals surface area contributed by atoms with E-state index in [1.165, 1.54) is 11.1 Å². The molecule has 6 nitrogen and oxygen atoms in total. The summed E-state index contributed by atoms with van der Waals surface area (Å²) < 4.78 is 2.03. The number of hydrogen-bond acceptors (Lipinski definition) is 3. The Balaban J connectivity index is 0.00000240. The van der Waals surface area contributed by atoms with E-state index in [1.54, 1.807) is 0 Å². The Morgan fingerprint density at radius 3 is 2.69 bits per heavy atom. The van der Waals surface area contributed by atoms with Crippen LogP contribution in [0.15, 0.2) is 65.8 Å². The van der Waals surface area contributed by atoms with E-state index >= 15 is 0 Å². The average molecular weight is 502 g/mol. The lowest BCUT2D eigenvalue weighted by Crippen LogP contribution is -2.43. The fourth-order valence-electron chi connectivity index (χ4n) is 3.52. The number of fused-ring (bicyclic) bond motifs is 1. The molecule has 1 aromatic carbocycles. The first-order valence-electron chi connectivity index (χ1n) is 9.91. The summed E-state index contributed by atoms with van der Waals surface area (Å²) >= 11 is 0. The molecule has 0 aliphatic carbocycles. The highest BCUT2D eigenvalue weighted by Crippen LogP contribution is 2.22. The molecule has 0 saturated carbocycles. The van der Waals surface area contributed by atoms with Crippen LogP contribution in [0.3, 0.4) is 0 Å². The summed E-state index contributed by atoms with van der Waals surface area (Å²) in [6.45, 7) is 5.50. The summed E-state index contributed by atoms with van der Waals surface area (Å²) in [5.74, 6) is 1.92. The van der Waals surface area contributed by atoms with Gasteiger partial charge in [-0.2, -0.15) is 0 Å². The molecule has 1 N–H and O–H groups in total. The van der Waals surface area contributed by atoms with Gasteiger partial charge >= 0.3 is 0 Å². The standard InChI is InChI=1S/C22H26N6.HI/c1-2-23-22(24-14-11-21-26-25-20-10-6-7-15-28(20)21)27-16-12-19(13-17-27)18-8-4-3-5-9-18;/h3-10,12,15H,2,11,13-14,16-17H2,1H3,(H,23,24);1H. The molecule has 0 amide bonds. The van der Waals surface area contributed by atoms with Gasteiger partial charge in [-0.05, 0) is 36.6 Å². The highest BCUT2D eigenvalue weighted by Gasteiger charge is 2.16. The summed E-state index contributed by atoms with van der Waals surface area (Å²) in [6.07, 6.45) is 6.11. The average Bonchev–Trinajstić information content (AvgIpc) is 3.17. The summed E-state index contributed by atoms with van der Waals surface area (Å²) in [5, 5.41) is 11.9. The van der Waals surface area contributed by atoms with Crippen molar-refractivity contribution in [2.45, 2.75) is 19.8 Å². The number of halogens is 1. The van der Waals surface area contributed by atoms with Gasteiger partial charge < -0.3 is 10.2 Å². The number of guanidine groups is 1. The van der Waals surface area contributed by atoms with E-state index in [0.29, 0.717) is 6.54 Å². The van der Waals surface area contributed by atoms with Crippen molar-refractivity contribution in [3.63, 3.8) is 0 Å². The Bertz CT molecular complexity index is 979. The number of aromatic nitrogens is 3. The smallest absolute Gasteiger partial charge is 0.194 e. The number of aliphatic imine (C=N–C) groups is 1. The monoisotopic (exact) mass is 502 g/mol. The number of pyridine rings is 1. The zero-order valence-electron chi connectivity index (χ0n) is 16.7. The third-order valence-corrected chi connectivity index (χ3v) is 4.97. The second-order valence-corrected chi connectivity index (χ2v) is 6.82. The SMILES string of the molecule is CCNC(=NCCc1nnc2ccccn12)N1CC=C(c2ccccc2)CC1.I. The van der Waals surface area contributed by atoms with Crippen LogP contribution in [-0.4, -0.2) is 51.6 Å². The number of rotatable bonds is 5. The molecule has 0 radical (unpaired) electrons. The molecule has 1 aliphatic heterocycles. The molecule has 29 heavy (non-hydrogen) atoms. The predicted octanol–water partition coefficient (Wildman–Crippen LogP) is 3.64. The van der Waals surface area contributed by atoms with Crippen molar-refractivity contribution in [2.75, 3.05) is 26.2 Å². The molecule has 0 spiro atoms. The van der Waals surface area contributed by atoms with Gasteiger partial charge in [0, 0.05) is 38.8 Å². The third-order valence-electron chi connectivity index (χ3n) is 4.97. The lowest BCUT2D eigenvalue weighted by molar-refractivity contribution is 0.440. The fraction of sp³-hybridized carbons (Fsp3) is 0.318. The van der Waals surface area contributed by atoms with Gasteiger partial charge in [0.25, 0.3) is 0 Å². The van der Waals surface area contributed by atoms with Gasteiger partial charge in [-0.15, -0.1) is 34.2 Å². The normalized spacial score (nSPS) is 14.4. The van der Waals surface area contributed by atoms with Crippen molar-refractivity contribution in [1.82, 2.24) is 24.8 Å².